The summed E-state index contributed by atoms with van der Waals surface area (Å²) in [4.78, 5) is 38.2. The van der Waals surface area contributed by atoms with Crippen LogP contribution in [0, 0.1) is 0 Å². The summed E-state index contributed by atoms with van der Waals surface area (Å²) in [6, 6.07) is 25.6. The number of urea groups is 1. The van der Waals surface area contributed by atoms with Crippen LogP contribution in [0.25, 0.3) is 22.3 Å². The number of aryl methyl sites for hydroxylation is 1. The lowest BCUT2D eigenvalue weighted by molar-refractivity contribution is 0.144. The van der Waals surface area contributed by atoms with E-state index in [1.54, 1.807) is 29.2 Å². The summed E-state index contributed by atoms with van der Waals surface area (Å²) in [6.45, 7) is 4.38. The van der Waals surface area contributed by atoms with E-state index in [4.69, 9.17) is 19.8 Å². The number of aromatic hydroxyl groups is 1. The summed E-state index contributed by atoms with van der Waals surface area (Å²) >= 11 is 0. The third-order valence-electron chi connectivity index (χ3n) is 8.00. The number of ether oxygens (including phenoxy) is 1. The summed E-state index contributed by atoms with van der Waals surface area (Å²) in [6.07, 6.45) is 2.30. The van der Waals surface area contributed by atoms with Gasteiger partial charge in [-0.2, -0.15) is 0 Å². The van der Waals surface area contributed by atoms with E-state index in [1.807, 2.05) is 65.6 Å². The molecule has 10 heteroatoms. The first-order valence-corrected chi connectivity index (χ1v) is 15.2. The van der Waals surface area contributed by atoms with Crippen molar-refractivity contribution in [3.8, 4) is 22.6 Å². The minimum Gasteiger partial charge on any atom is -0.508 e. The van der Waals surface area contributed by atoms with Crippen LogP contribution in [0.5, 0.6) is 11.5 Å². The number of nitrogens with zero attached hydrogens (tertiary/aromatic N) is 5. The van der Waals surface area contributed by atoms with Crippen molar-refractivity contribution >= 4 is 29.2 Å². The van der Waals surface area contributed by atoms with Gasteiger partial charge in [-0.1, -0.05) is 67.9 Å². The molecule has 2 amide bonds. The predicted molar refractivity (Wildman–Crippen MR) is 172 cm³/mol. The lowest BCUT2D eigenvalue weighted by Gasteiger charge is -2.35. The molecule has 1 saturated heterocycles. The standard InChI is InChI=1S/C35H35N5O5/c1-2-3-9-31-36-29-18-19-32(39-21-6-20-38(34(39)42)22-24-12-16-27(41)17-13-24)37-33(29)40(31)23-25-10-14-26(15-11-25)28-7-4-5-8-30(28)45-35(43)44/h4-5,7-8,10-19,41H,2-3,6,9,20-23H2,1H3,(H,43,44). The first kappa shape index (κ1) is 29.7. The second-order valence-electron chi connectivity index (χ2n) is 11.2. The number of hydrogen-bond acceptors (Lipinski definition) is 6. The second-order valence-corrected chi connectivity index (χ2v) is 11.2. The van der Waals surface area contributed by atoms with Crippen LogP contribution in [-0.4, -0.2) is 54.9 Å². The van der Waals surface area contributed by atoms with E-state index >= 15 is 0 Å². The number of amides is 2. The average molecular weight is 606 g/mol. The van der Waals surface area contributed by atoms with Crippen molar-refractivity contribution in [2.45, 2.75) is 45.7 Å². The maximum Gasteiger partial charge on any atom is 0.511 e. The summed E-state index contributed by atoms with van der Waals surface area (Å²) in [5.74, 6) is 2.02. The number of anilines is 1. The van der Waals surface area contributed by atoms with Gasteiger partial charge in [0, 0.05) is 31.6 Å². The lowest BCUT2D eigenvalue weighted by Crippen LogP contribution is -2.49. The Hall–Kier alpha value is -5.38. The molecular weight excluding hydrogens is 570 g/mol. The van der Waals surface area contributed by atoms with Crippen LogP contribution in [0.15, 0.2) is 84.9 Å². The number of para-hydroxylation sites is 1. The van der Waals surface area contributed by atoms with Gasteiger partial charge in [-0.05, 0) is 59.9 Å². The molecule has 1 aliphatic heterocycles. The number of imidazole rings is 1. The van der Waals surface area contributed by atoms with E-state index in [1.165, 1.54) is 0 Å². The zero-order valence-corrected chi connectivity index (χ0v) is 25.1. The largest absolute Gasteiger partial charge is 0.511 e. The Balaban J connectivity index is 1.28. The molecule has 3 heterocycles. The Labute approximate surface area is 261 Å². The maximum absolute atomic E-state index is 13.6. The molecule has 0 spiro atoms. The van der Waals surface area contributed by atoms with E-state index in [9.17, 15) is 14.7 Å². The lowest BCUT2D eigenvalue weighted by atomic mass is 10.0. The number of carboxylic acid groups (broad SMARTS) is 1. The number of pyridine rings is 1. The molecule has 6 rings (SSSR count). The molecule has 2 N–H and O–H groups in total. The highest BCUT2D eigenvalue weighted by molar-refractivity contribution is 5.92. The van der Waals surface area contributed by atoms with Crippen LogP contribution in [0.2, 0.25) is 0 Å². The number of phenols is 1. The van der Waals surface area contributed by atoms with Crippen LogP contribution in [-0.2, 0) is 19.5 Å². The third kappa shape index (κ3) is 6.59. The number of benzene rings is 3. The van der Waals surface area contributed by atoms with Crippen molar-refractivity contribution in [3.05, 3.63) is 102 Å². The zero-order valence-electron chi connectivity index (χ0n) is 25.1. The molecule has 0 aliphatic carbocycles. The Morgan fingerprint density at radius 3 is 2.38 bits per heavy atom. The molecule has 2 aromatic heterocycles. The quantitative estimate of drug-likeness (QED) is 0.129. The minimum atomic E-state index is -1.35. The molecular formula is C35H35N5O5. The van der Waals surface area contributed by atoms with E-state index in [0.717, 1.165) is 59.4 Å². The van der Waals surface area contributed by atoms with Crippen molar-refractivity contribution in [2.24, 2.45) is 0 Å². The van der Waals surface area contributed by atoms with Crippen LogP contribution in [0.3, 0.4) is 0 Å². The SMILES string of the molecule is CCCCc1nc2ccc(N3CCCN(Cc4ccc(O)cc4)C3=O)nc2n1Cc1ccc(-c2ccccc2OC(=O)O)cc1. The zero-order chi connectivity index (χ0) is 31.3. The highest BCUT2D eigenvalue weighted by atomic mass is 16.7. The minimum absolute atomic E-state index is 0.0961. The summed E-state index contributed by atoms with van der Waals surface area (Å²) in [7, 11) is 0. The second kappa shape index (κ2) is 13.1. The fraction of sp³-hybridized carbons (Fsp3) is 0.257. The van der Waals surface area contributed by atoms with Gasteiger partial charge in [0.25, 0.3) is 0 Å². The number of fused-ring (bicyclic) bond motifs is 1. The van der Waals surface area contributed by atoms with Crippen molar-refractivity contribution in [1.82, 2.24) is 19.4 Å². The van der Waals surface area contributed by atoms with Crippen molar-refractivity contribution in [1.29, 1.82) is 0 Å². The molecule has 1 aliphatic rings. The van der Waals surface area contributed by atoms with Gasteiger partial charge in [0.1, 0.15) is 28.7 Å². The monoisotopic (exact) mass is 605 g/mol. The molecule has 45 heavy (non-hydrogen) atoms. The Kier molecular flexibility index (Phi) is 8.63. The van der Waals surface area contributed by atoms with Crippen LogP contribution >= 0.6 is 0 Å². The molecule has 1 fully saturated rings. The fourth-order valence-electron chi connectivity index (χ4n) is 5.70. The highest BCUT2D eigenvalue weighted by Crippen LogP contribution is 2.31. The smallest absolute Gasteiger partial charge is 0.508 e. The number of rotatable bonds is 10. The Morgan fingerprint density at radius 2 is 1.62 bits per heavy atom. The van der Waals surface area contributed by atoms with E-state index in [0.29, 0.717) is 37.6 Å². The molecule has 0 unspecified atom stereocenters. The first-order chi connectivity index (χ1) is 21.9. The van der Waals surface area contributed by atoms with Crippen molar-refractivity contribution in [2.75, 3.05) is 18.0 Å². The molecule has 0 radical (unpaired) electrons. The van der Waals surface area contributed by atoms with Gasteiger partial charge in [0.05, 0.1) is 6.54 Å². The van der Waals surface area contributed by atoms with E-state index in [-0.39, 0.29) is 17.5 Å². The van der Waals surface area contributed by atoms with Crippen molar-refractivity contribution in [3.63, 3.8) is 0 Å². The summed E-state index contributed by atoms with van der Waals surface area (Å²) in [5, 5.41) is 18.8. The van der Waals surface area contributed by atoms with Crippen LogP contribution in [0.1, 0.15) is 43.1 Å². The maximum atomic E-state index is 13.6. The van der Waals surface area contributed by atoms with Gasteiger partial charge in [0.15, 0.2) is 5.65 Å². The number of unbranched alkanes of at least 4 members (excludes halogenated alkanes) is 1. The topological polar surface area (TPSA) is 121 Å². The number of hydrogen-bond donors (Lipinski definition) is 2. The van der Waals surface area contributed by atoms with Gasteiger partial charge in [0.2, 0.25) is 0 Å². The first-order valence-electron chi connectivity index (χ1n) is 15.2. The van der Waals surface area contributed by atoms with Gasteiger partial charge in [-0.25, -0.2) is 19.6 Å². The number of carbonyl (C=O) groups is 2. The Bertz CT molecular complexity index is 1820. The van der Waals surface area contributed by atoms with Gasteiger partial charge >= 0.3 is 12.2 Å². The average Bonchev–Trinajstić information content (AvgIpc) is 3.38. The Morgan fingerprint density at radius 1 is 0.889 bits per heavy atom. The van der Waals surface area contributed by atoms with Crippen LogP contribution in [0.4, 0.5) is 15.4 Å². The highest BCUT2D eigenvalue weighted by Gasteiger charge is 2.28. The molecule has 10 nitrogen and oxygen atoms in total. The van der Waals surface area contributed by atoms with Gasteiger partial charge in [-0.15, -0.1) is 0 Å². The third-order valence-corrected chi connectivity index (χ3v) is 8.00. The van der Waals surface area contributed by atoms with E-state index < -0.39 is 6.16 Å². The fourth-order valence-corrected chi connectivity index (χ4v) is 5.70. The molecule has 5 aromatic rings. The van der Waals surface area contributed by atoms with Crippen molar-refractivity contribution < 1.29 is 24.5 Å². The number of phenolic OH excluding ortho intramolecular Hbond substituents is 1. The number of carbonyl (C=O) groups excluding carboxylic acids is 1. The number of aromatic nitrogens is 3. The molecule has 0 atom stereocenters. The van der Waals surface area contributed by atoms with E-state index in [2.05, 4.69) is 11.5 Å². The predicted octanol–water partition coefficient (Wildman–Crippen LogP) is 7.08. The molecule has 0 bridgehead atoms. The summed E-state index contributed by atoms with van der Waals surface area (Å²) in [5.41, 5.74) is 5.04. The van der Waals surface area contributed by atoms with Gasteiger partial charge in [-0.3, -0.25) is 4.90 Å². The normalized spacial score (nSPS) is 13.4. The summed E-state index contributed by atoms with van der Waals surface area (Å²) < 4.78 is 7.11. The van der Waals surface area contributed by atoms with Gasteiger partial charge < -0.3 is 24.4 Å². The molecule has 230 valence electrons. The van der Waals surface area contributed by atoms with Crippen LogP contribution < -0.4 is 9.64 Å². The molecule has 0 saturated carbocycles. The molecule has 3 aromatic carbocycles.